The molecule has 11 nitrogen and oxygen atoms in total. The molecule has 3 heterocycles. The second kappa shape index (κ2) is 42.7. The van der Waals surface area contributed by atoms with Gasteiger partial charge in [-0.05, 0) is 62.3 Å². The van der Waals surface area contributed by atoms with Crippen molar-refractivity contribution in [2.24, 2.45) is 0 Å². The van der Waals surface area contributed by atoms with Crippen molar-refractivity contribution in [2.75, 3.05) is 44.3 Å². The lowest BCUT2D eigenvalue weighted by molar-refractivity contribution is -0.254. The molecule has 2 unspecified atom stereocenters. The summed E-state index contributed by atoms with van der Waals surface area (Å²) in [7, 11) is 0. The fraction of sp³-hybridized carbons (Fsp3) is 0.699. The van der Waals surface area contributed by atoms with Crippen molar-refractivity contribution in [1.29, 1.82) is 0 Å². The van der Waals surface area contributed by atoms with Crippen LogP contribution in [0, 0.1) is 0 Å². The Morgan fingerprint density at radius 1 is 0.560 bits per heavy atom. The van der Waals surface area contributed by atoms with Crippen LogP contribution in [-0.2, 0) is 9.47 Å². The van der Waals surface area contributed by atoms with Crippen LogP contribution in [-0.4, -0.2) is 69.6 Å². The number of amides is 2. The molecule has 2 fully saturated rings. The summed E-state index contributed by atoms with van der Waals surface area (Å²) in [6.07, 6.45) is 49.5. The van der Waals surface area contributed by atoms with E-state index in [1.807, 2.05) is 12.1 Å². The molecule has 0 saturated carbocycles. The molecule has 2 saturated heterocycles. The molecule has 6 rings (SSSR count). The van der Waals surface area contributed by atoms with E-state index >= 15 is 0 Å². The number of alkyl carbamates (subject to hydrolysis) is 2. The maximum absolute atomic E-state index is 12.8. The van der Waals surface area contributed by atoms with E-state index in [1.165, 1.54) is 180 Å². The number of piperidine rings is 2. The fourth-order valence-corrected chi connectivity index (χ4v) is 13.1. The van der Waals surface area contributed by atoms with Gasteiger partial charge in [0, 0.05) is 91.3 Å². The SMILES string of the molecule is C.CCCCCCCCCCCCCCCCCCNC(=O)OCCC1CCCCN1c1ccc2c(-c3ccccc3C(=O)[O-])c3ccc(=[N+]4CCCCC4CCOC(=O)NCCCCCCCCCCCCCCCCCC)cc-3oc2c1. The van der Waals surface area contributed by atoms with Crippen LogP contribution in [0.2, 0.25) is 0 Å². The topological polar surface area (TPSA) is 136 Å². The van der Waals surface area contributed by atoms with Crippen molar-refractivity contribution in [3.05, 3.63) is 71.6 Å². The Morgan fingerprint density at radius 2 is 1.06 bits per heavy atom. The van der Waals surface area contributed by atoms with Crippen LogP contribution >= 0.6 is 0 Å². The molecule has 1 aliphatic carbocycles. The monoisotopic (exact) mass is 1160 g/mol. The van der Waals surface area contributed by atoms with E-state index in [2.05, 4.69) is 70.4 Å². The molecule has 0 spiro atoms. The van der Waals surface area contributed by atoms with E-state index in [9.17, 15) is 19.5 Å². The largest absolute Gasteiger partial charge is 0.545 e. The van der Waals surface area contributed by atoms with Gasteiger partial charge in [-0.3, -0.25) is 0 Å². The van der Waals surface area contributed by atoms with Crippen LogP contribution in [0.5, 0.6) is 0 Å². The van der Waals surface area contributed by atoms with Crippen LogP contribution < -0.4 is 30.6 Å². The van der Waals surface area contributed by atoms with Gasteiger partial charge in [-0.1, -0.05) is 238 Å². The molecule has 0 radical (unpaired) electrons. The van der Waals surface area contributed by atoms with Gasteiger partial charge in [-0.2, -0.15) is 0 Å². The molecular weight excluding hydrogens is 1040 g/mol. The van der Waals surface area contributed by atoms with Crippen molar-refractivity contribution in [3.8, 4) is 22.5 Å². The normalized spacial score (nSPS) is 16.0. The number of aromatic carboxylic acids is 1. The van der Waals surface area contributed by atoms with Gasteiger partial charge in [0.2, 0.25) is 5.36 Å². The first kappa shape index (κ1) is 69.7. The molecule has 470 valence electrons. The molecule has 4 aliphatic rings. The molecule has 2 atom stereocenters. The minimum atomic E-state index is -1.23. The molecule has 11 heteroatoms. The number of carboxylic acids is 1. The minimum absolute atomic E-state index is 0. The number of benzene rings is 3. The number of anilines is 1. The summed E-state index contributed by atoms with van der Waals surface area (Å²) in [6, 6.07) is 20.0. The second-order valence-electron chi connectivity index (χ2n) is 24.7. The van der Waals surface area contributed by atoms with Crippen LogP contribution in [0.4, 0.5) is 15.3 Å². The van der Waals surface area contributed by atoms with Gasteiger partial charge in [0.1, 0.15) is 17.9 Å². The number of nitrogens with zero attached hydrogens (tertiary/aromatic N) is 2. The van der Waals surface area contributed by atoms with Crippen LogP contribution in [0.1, 0.15) is 288 Å². The number of rotatable bonds is 43. The van der Waals surface area contributed by atoms with E-state index < -0.39 is 5.97 Å². The first-order valence-corrected chi connectivity index (χ1v) is 34.4. The Bertz CT molecular complexity index is 2470. The fourth-order valence-electron chi connectivity index (χ4n) is 13.1. The minimum Gasteiger partial charge on any atom is -0.545 e. The van der Waals surface area contributed by atoms with E-state index in [1.54, 1.807) is 12.1 Å². The maximum atomic E-state index is 12.8. The summed E-state index contributed by atoms with van der Waals surface area (Å²) in [5.41, 5.74) is 4.02. The predicted molar refractivity (Wildman–Crippen MR) is 349 cm³/mol. The van der Waals surface area contributed by atoms with E-state index in [0.29, 0.717) is 43.2 Å². The quantitative estimate of drug-likeness (QED) is 0.0254. The lowest BCUT2D eigenvalue weighted by Gasteiger charge is -2.37. The highest BCUT2D eigenvalue weighted by Crippen LogP contribution is 2.43. The Kier molecular flexibility index (Phi) is 35.4. The molecule has 84 heavy (non-hydrogen) atoms. The Hall–Kier alpha value is -5.06. The number of carbonyl (C=O) groups excluding carboxylic acids is 3. The van der Waals surface area contributed by atoms with Gasteiger partial charge in [-0.15, -0.1) is 0 Å². The van der Waals surface area contributed by atoms with Crippen molar-refractivity contribution >= 4 is 34.8 Å². The first-order chi connectivity index (χ1) is 40.9. The van der Waals surface area contributed by atoms with Crippen molar-refractivity contribution in [1.82, 2.24) is 15.2 Å². The zero-order valence-electron chi connectivity index (χ0n) is 52.2. The molecule has 2 aromatic rings. The second-order valence-corrected chi connectivity index (χ2v) is 24.7. The van der Waals surface area contributed by atoms with Gasteiger partial charge in [0.25, 0.3) is 0 Å². The summed E-state index contributed by atoms with van der Waals surface area (Å²) < 4.78 is 20.8. The molecule has 0 bridgehead atoms. The lowest BCUT2D eigenvalue weighted by Crippen LogP contribution is -2.43. The molecular formula is C73H116N4O7. The standard InChI is InChI=1S/C72H112N4O7.CH4/c1-3-5-7-9-11-13-15-17-19-21-23-25-27-29-31-37-51-73-71(79)81-55-49-59-41-35-39-53-75(59)61-45-47-65-67(57-61)83-68-58-62(46-48-66(68)69(65)63-43-33-34-44-64(63)70(77)78)76-54-40-36-42-60(76)50-56-82-72(80)74-52-38-32-30-28-26-24-22-20-18-16-14-12-10-8-6-4-2;/h33-34,43-48,57-60H,3-32,35-42,49-56H2,1-2H3,(H2-,73,74,77,78,79,80);1H4. The third kappa shape index (κ3) is 25.5. The van der Waals surface area contributed by atoms with Crippen molar-refractivity contribution < 1.29 is 33.4 Å². The number of hydrogen-bond acceptors (Lipinski definition) is 8. The number of nitrogens with one attached hydrogen (secondary N) is 2. The number of ether oxygens (including phenoxy) is 2. The Morgan fingerprint density at radius 3 is 1.60 bits per heavy atom. The van der Waals surface area contributed by atoms with Crippen molar-refractivity contribution in [3.63, 3.8) is 0 Å². The van der Waals surface area contributed by atoms with Gasteiger partial charge in [0.05, 0.1) is 25.2 Å². The highest BCUT2D eigenvalue weighted by molar-refractivity contribution is 6.07. The Labute approximate surface area is 509 Å². The molecule has 2 aromatic carbocycles. The van der Waals surface area contributed by atoms with Crippen LogP contribution in [0.3, 0.4) is 0 Å². The lowest BCUT2D eigenvalue weighted by atomic mass is 9.90. The molecule has 3 aliphatic heterocycles. The first-order valence-electron chi connectivity index (χ1n) is 34.4. The molecule has 2 N–H and O–H groups in total. The van der Waals surface area contributed by atoms with Gasteiger partial charge in [0.15, 0.2) is 6.04 Å². The van der Waals surface area contributed by atoms with Gasteiger partial charge in [-0.25, -0.2) is 14.2 Å². The van der Waals surface area contributed by atoms with Crippen LogP contribution in [0.25, 0.3) is 33.4 Å². The average Bonchev–Trinajstić information content (AvgIpc) is 2.90. The number of fused-ring (bicyclic) bond motifs is 2. The summed E-state index contributed by atoms with van der Waals surface area (Å²) in [4.78, 5) is 40.6. The van der Waals surface area contributed by atoms with Gasteiger partial charge >= 0.3 is 12.2 Å². The number of hydrogen-bond donors (Lipinski definition) is 2. The zero-order valence-corrected chi connectivity index (χ0v) is 52.2. The summed E-state index contributed by atoms with van der Waals surface area (Å²) in [6.45, 7) is 8.30. The Balaban J connectivity index is 0.0000129. The third-order valence-corrected chi connectivity index (χ3v) is 18.0. The maximum Gasteiger partial charge on any atom is 0.407 e. The highest BCUT2D eigenvalue weighted by atomic mass is 16.6. The summed E-state index contributed by atoms with van der Waals surface area (Å²) in [5.74, 6) is -0.561. The zero-order chi connectivity index (χ0) is 58.4. The summed E-state index contributed by atoms with van der Waals surface area (Å²) >= 11 is 0. The molecule has 2 amide bonds. The smallest absolute Gasteiger partial charge is 0.407 e. The number of carboxylic acid groups (broad SMARTS) is 1. The molecule has 0 aromatic heterocycles. The average molecular weight is 1160 g/mol. The third-order valence-electron chi connectivity index (χ3n) is 18.0. The van der Waals surface area contributed by atoms with E-state index in [4.69, 9.17) is 13.9 Å². The number of carbonyl (C=O) groups is 3. The predicted octanol–water partition coefficient (Wildman–Crippen LogP) is 18.6. The van der Waals surface area contributed by atoms with E-state index in [-0.39, 0.29) is 37.3 Å². The van der Waals surface area contributed by atoms with Crippen molar-refractivity contribution in [2.45, 2.75) is 290 Å². The van der Waals surface area contributed by atoms with Crippen LogP contribution in [0.15, 0.2) is 65.1 Å². The number of unbranched alkanes of at least 4 members (excludes halogenated alkanes) is 30. The highest BCUT2D eigenvalue weighted by Gasteiger charge is 2.29. The van der Waals surface area contributed by atoms with Gasteiger partial charge < -0.3 is 39.3 Å². The van der Waals surface area contributed by atoms with E-state index in [0.717, 1.165) is 118 Å². The summed E-state index contributed by atoms with van der Waals surface area (Å²) in [5, 5.41) is 20.5.